The van der Waals surface area contributed by atoms with Crippen LogP contribution in [0.4, 0.5) is 0 Å². The van der Waals surface area contributed by atoms with E-state index in [0.717, 1.165) is 22.1 Å². The quantitative estimate of drug-likeness (QED) is 0.467. The Balaban J connectivity index is 0.000001000. The van der Waals surface area contributed by atoms with Crippen LogP contribution < -0.4 is 0 Å². The normalized spacial score (nSPS) is 10.9. The highest BCUT2D eigenvalue weighted by Gasteiger charge is 2.05. The van der Waals surface area contributed by atoms with E-state index in [2.05, 4.69) is 35.3 Å². The van der Waals surface area contributed by atoms with E-state index in [1.807, 2.05) is 24.3 Å². The number of rotatable bonds is 0. The van der Waals surface area contributed by atoms with Crippen LogP contribution in [0.5, 0.6) is 0 Å². The molecule has 88 valence electrons. The van der Waals surface area contributed by atoms with Gasteiger partial charge in [-0.25, -0.2) is 4.98 Å². The molecule has 2 aromatic carbocycles. The zero-order valence-corrected chi connectivity index (χ0v) is 11.9. The number of aromatic nitrogens is 2. The van der Waals surface area contributed by atoms with Crippen molar-refractivity contribution in [2.45, 2.75) is 0 Å². The van der Waals surface area contributed by atoms with Crippen LogP contribution in [-0.4, -0.2) is 9.97 Å². The molecule has 0 atom stereocenters. The summed E-state index contributed by atoms with van der Waals surface area (Å²) in [4.78, 5) is 8.14. The fourth-order valence-electron chi connectivity index (χ4n) is 2.36. The Morgan fingerprint density at radius 3 is 2.56 bits per heavy atom. The summed E-state index contributed by atoms with van der Waals surface area (Å²) in [7, 11) is 0. The summed E-state index contributed by atoms with van der Waals surface area (Å²) in [5, 5.41) is 2.36. The van der Waals surface area contributed by atoms with Crippen molar-refractivity contribution in [2.75, 3.05) is 0 Å². The molecule has 18 heavy (non-hydrogen) atoms. The average Bonchev–Trinajstić information content (AvgIpc) is 2.73. The first-order valence-electron chi connectivity index (χ1n) is 5.68. The smallest absolute Gasteiger partial charge is 0.0965 e. The standard InChI is InChI=1S/C15H10N2.HI/c1-3-7-12-10(5-1)9-14-15(17-12)11-6-2-4-8-13(11)16-14;/h1-9,16H;1H. The molecule has 1 N–H and O–H groups in total. The number of halogens is 1. The first-order chi connectivity index (χ1) is 8.42. The first kappa shape index (κ1) is 11.5. The van der Waals surface area contributed by atoms with Crippen LogP contribution >= 0.6 is 24.0 Å². The summed E-state index contributed by atoms with van der Waals surface area (Å²) in [5.74, 6) is 0. The molecule has 0 aliphatic heterocycles. The molecule has 0 saturated heterocycles. The summed E-state index contributed by atoms with van der Waals surface area (Å²) in [6.45, 7) is 0. The molecule has 0 fully saturated rings. The number of benzene rings is 2. The third-order valence-electron chi connectivity index (χ3n) is 3.18. The highest BCUT2D eigenvalue weighted by atomic mass is 127. The molecule has 2 nitrogen and oxygen atoms in total. The van der Waals surface area contributed by atoms with Crippen molar-refractivity contribution in [3.63, 3.8) is 0 Å². The molecule has 2 heterocycles. The van der Waals surface area contributed by atoms with Crippen molar-refractivity contribution in [2.24, 2.45) is 0 Å². The van der Waals surface area contributed by atoms with Crippen LogP contribution in [0, 0.1) is 0 Å². The van der Waals surface area contributed by atoms with E-state index in [4.69, 9.17) is 4.98 Å². The Morgan fingerprint density at radius 1 is 0.833 bits per heavy atom. The van der Waals surface area contributed by atoms with Gasteiger partial charge in [0, 0.05) is 16.3 Å². The minimum absolute atomic E-state index is 0. The third kappa shape index (κ3) is 1.58. The first-order valence-corrected chi connectivity index (χ1v) is 5.68. The number of fused-ring (bicyclic) bond motifs is 4. The molecule has 0 unspecified atom stereocenters. The van der Waals surface area contributed by atoms with Gasteiger partial charge in [0.1, 0.15) is 0 Å². The lowest BCUT2D eigenvalue weighted by Crippen LogP contribution is -1.79. The van der Waals surface area contributed by atoms with Crippen LogP contribution in [0.1, 0.15) is 0 Å². The Morgan fingerprint density at radius 2 is 1.61 bits per heavy atom. The van der Waals surface area contributed by atoms with Gasteiger partial charge in [0.25, 0.3) is 0 Å². The second kappa shape index (κ2) is 4.24. The van der Waals surface area contributed by atoms with Crippen molar-refractivity contribution < 1.29 is 0 Å². The van der Waals surface area contributed by atoms with Gasteiger partial charge in [-0.3, -0.25) is 0 Å². The number of aromatic amines is 1. The van der Waals surface area contributed by atoms with E-state index >= 15 is 0 Å². The summed E-state index contributed by atoms with van der Waals surface area (Å²) < 4.78 is 0. The predicted octanol–water partition coefficient (Wildman–Crippen LogP) is 4.49. The van der Waals surface area contributed by atoms with Gasteiger partial charge in [-0.15, -0.1) is 24.0 Å². The van der Waals surface area contributed by atoms with Crippen LogP contribution in [0.25, 0.3) is 32.8 Å². The number of nitrogens with zero attached hydrogens (tertiary/aromatic N) is 1. The van der Waals surface area contributed by atoms with Gasteiger partial charge in [0.05, 0.1) is 16.6 Å². The number of nitrogens with one attached hydrogen (secondary N) is 1. The number of hydrogen-bond acceptors (Lipinski definition) is 1. The predicted molar refractivity (Wildman–Crippen MR) is 86.5 cm³/mol. The maximum absolute atomic E-state index is 4.73. The van der Waals surface area contributed by atoms with Crippen LogP contribution in [0.2, 0.25) is 0 Å². The van der Waals surface area contributed by atoms with Gasteiger partial charge in [-0.1, -0.05) is 36.4 Å². The molecule has 0 aliphatic carbocycles. The van der Waals surface area contributed by atoms with E-state index in [1.165, 1.54) is 10.8 Å². The highest BCUT2D eigenvalue weighted by molar-refractivity contribution is 14.0. The Labute approximate surface area is 121 Å². The van der Waals surface area contributed by atoms with Crippen LogP contribution in [0.3, 0.4) is 0 Å². The van der Waals surface area contributed by atoms with Gasteiger partial charge in [0.15, 0.2) is 0 Å². The molecule has 4 aromatic rings. The summed E-state index contributed by atoms with van der Waals surface area (Å²) in [6, 6.07) is 18.7. The topological polar surface area (TPSA) is 28.7 Å². The fourth-order valence-corrected chi connectivity index (χ4v) is 2.36. The Hall–Kier alpha value is -1.62. The van der Waals surface area contributed by atoms with E-state index in [9.17, 15) is 0 Å². The lowest BCUT2D eigenvalue weighted by atomic mass is 10.2. The second-order valence-corrected chi connectivity index (χ2v) is 4.25. The van der Waals surface area contributed by atoms with E-state index in [1.54, 1.807) is 0 Å². The van der Waals surface area contributed by atoms with Crippen molar-refractivity contribution in [1.29, 1.82) is 0 Å². The molecule has 4 rings (SSSR count). The molecule has 0 aliphatic rings. The third-order valence-corrected chi connectivity index (χ3v) is 3.18. The SMILES string of the molecule is I.c1ccc2nc3c(cc2c1)[nH]c1ccccc13. The van der Waals surface area contributed by atoms with E-state index < -0.39 is 0 Å². The molecule has 0 bridgehead atoms. The monoisotopic (exact) mass is 346 g/mol. The van der Waals surface area contributed by atoms with Gasteiger partial charge in [0.2, 0.25) is 0 Å². The fraction of sp³-hybridized carbons (Fsp3) is 0. The molecule has 0 spiro atoms. The number of H-pyrrole nitrogens is 1. The molecule has 0 radical (unpaired) electrons. The van der Waals surface area contributed by atoms with Gasteiger partial charge in [-0.2, -0.15) is 0 Å². The second-order valence-electron chi connectivity index (χ2n) is 4.25. The lowest BCUT2D eigenvalue weighted by Gasteiger charge is -1.96. The molecule has 0 amide bonds. The largest absolute Gasteiger partial charge is 0.353 e. The number of para-hydroxylation sites is 2. The lowest BCUT2D eigenvalue weighted by molar-refractivity contribution is 1.49. The zero-order valence-electron chi connectivity index (χ0n) is 9.55. The van der Waals surface area contributed by atoms with E-state index in [0.29, 0.717) is 0 Å². The van der Waals surface area contributed by atoms with Crippen molar-refractivity contribution in [3.8, 4) is 0 Å². The van der Waals surface area contributed by atoms with E-state index in [-0.39, 0.29) is 24.0 Å². The minimum Gasteiger partial charge on any atom is -0.353 e. The van der Waals surface area contributed by atoms with Crippen LogP contribution in [0.15, 0.2) is 54.6 Å². The molecule has 2 aromatic heterocycles. The molecular formula is C15H11IN2. The summed E-state index contributed by atoms with van der Waals surface area (Å²) in [6.07, 6.45) is 0. The van der Waals surface area contributed by atoms with Crippen molar-refractivity contribution in [1.82, 2.24) is 9.97 Å². The molecular weight excluding hydrogens is 335 g/mol. The minimum atomic E-state index is 0. The van der Waals surface area contributed by atoms with Gasteiger partial charge < -0.3 is 4.98 Å². The summed E-state index contributed by atoms with van der Waals surface area (Å²) in [5.41, 5.74) is 4.35. The Kier molecular flexibility index (Phi) is 2.70. The zero-order chi connectivity index (χ0) is 11.2. The highest BCUT2D eigenvalue weighted by Crippen LogP contribution is 2.26. The average molecular weight is 346 g/mol. The number of hydrogen-bond donors (Lipinski definition) is 1. The maximum atomic E-state index is 4.73. The van der Waals surface area contributed by atoms with Gasteiger partial charge >= 0.3 is 0 Å². The summed E-state index contributed by atoms with van der Waals surface area (Å²) >= 11 is 0. The molecule has 0 saturated carbocycles. The van der Waals surface area contributed by atoms with Crippen molar-refractivity contribution in [3.05, 3.63) is 54.6 Å². The maximum Gasteiger partial charge on any atom is 0.0965 e. The van der Waals surface area contributed by atoms with Gasteiger partial charge in [-0.05, 0) is 18.2 Å². The molecule has 3 heteroatoms. The Bertz CT molecular complexity index is 843. The van der Waals surface area contributed by atoms with Crippen molar-refractivity contribution >= 4 is 56.8 Å². The van der Waals surface area contributed by atoms with Crippen LogP contribution in [-0.2, 0) is 0 Å². The number of pyridine rings is 1.